The summed E-state index contributed by atoms with van der Waals surface area (Å²) in [5.41, 5.74) is 6.80. The number of halogens is 1. The lowest BCUT2D eigenvalue weighted by Crippen LogP contribution is -2.43. The number of carbonyl (C=O) groups is 1. The Morgan fingerprint density at radius 1 is 1.30 bits per heavy atom. The van der Waals surface area contributed by atoms with Crippen LogP contribution in [-0.2, 0) is 4.79 Å². The molecule has 3 N–H and O–H groups in total. The Bertz CT molecular complexity index is 393. The molecule has 0 aliphatic carbocycles. The second-order valence-electron chi connectivity index (χ2n) is 5.23. The molecular formula is C15H25ClN2O2. The zero-order valence-corrected chi connectivity index (χ0v) is 13.2. The predicted molar refractivity (Wildman–Crippen MR) is 84.4 cm³/mol. The van der Waals surface area contributed by atoms with Crippen molar-refractivity contribution in [1.29, 1.82) is 0 Å². The normalized spacial score (nSPS) is 11.7. The summed E-state index contributed by atoms with van der Waals surface area (Å²) in [5, 5.41) is 2.89. The molecule has 20 heavy (non-hydrogen) atoms. The summed E-state index contributed by atoms with van der Waals surface area (Å²) in [4.78, 5) is 11.7. The third-order valence-electron chi connectivity index (χ3n) is 2.80. The van der Waals surface area contributed by atoms with Crippen molar-refractivity contribution in [3.8, 4) is 5.75 Å². The molecule has 0 saturated carbocycles. The van der Waals surface area contributed by atoms with E-state index in [4.69, 9.17) is 10.5 Å². The largest absolute Gasteiger partial charge is 0.484 e. The van der Waals surface area contributed by atoms with Gasteiger partial charge in [-0.05, 0) is 31.4 Å². The van der Waals surface area contributed by atoms with Gasteiger partial charge in [-0.3, -0.25) is 4.79 Å². The zero-order chi connectivity index (χ0) is 14.3. The van der Waals surface area contributed by atoms with Crippen LogP contribution < -0.4 is 15.8 Å². The minimum Gasteiger partial charge on any atom is -0.484 e. The van der Waals surface area contributed by atoms with Gasteiger partial charge in [-0.1, -0.05) is 31.5 Å². The highest BCUT2D eigenvalue weighted by molar-refractivity contribution is 5.85. The maximum atomic E-state index is 11.7. The Morgan fingerprint density at radius 2 is 1.90 bits per heavy atom. The van der Waals surface area contributed by atoms with E-state index in [1.165, 1.54) is 0 Å². The first-order valence-corrected chi connectivity index (χ1v) is 6.70. The second kappa shape index (κ2) is 9.61. The van der Waals surface area contributed by atoms with Crippen LogP contribution in [0.5, 0.6) is 5.75 Å². The highest BCUT2D eigenvalue weighted by atomic mass is 35.5. The first-order valence-electron chi connectivity index (χ1n) is 6.70. The van der Waals surface area contributed by atoms with Crippen LogP contribution in [0.2, 0.25) is 0 Å². The fraction of sp³-hybridized carbons (Fsp3) is 0.533. The van der Waals surface area contributed by atoms with E-state index in [0.29, 0.717) is 18.2 Å². The topological polar surface area (TPSA) is 64.3 Å². The van der Waals surface area contributed by atoms with Crippen molar-refractivity contribution in [3.63, 3.8) is 0 Å². The van der Waals surface area contributed by atoms with E-state index in [-0.39, 0.29) is 31.0 Å². The third-order valence-corrected chi connectivity index (χ3v) is 2.80. The van der Waals surface area contributed by atoms with E-state index in [1.807, 2.05) is 31.2 Å². The van der Waals surface area contributed by atoms with Gasteiger partial charge in [0.1, 0.15) is 5.75 Å². The average Bonchev–Trinajstić information content (AvgIpc) is 2.36. The van der Waals surface area contributed by atoms with Crippen molar-refractivity contribution in [1.82, 2.24) is 5.32 Å². The summed E-state index contributed by atoms with van der Waals surface area (Å²) in [6, 6.07) is 7.65. The van der Waals surface area contributed by atoms with Crippen molar-refractivity contribution >= 4 is 18.3 Å². The number of rotatable bonds is 7. The van der Waals surface area contributed by atoms with Gasteiger partial charge in [0.15, 0.2) is 6.61 Å². The minimum absolute atomic E-state index is 0. The molecule has 1 unspecified atom stereocenters. The van der Waals surface area contributed by atoms with Gasteiger partial charge in [-0.25, -0.2) is 0 Å². The van der Waals surface area contributed by atoms with Crippen molar-refractivity contribution < 1.29 is 9.53 Å². The molecule has 0 fully saturated rings. The van der Waals surface area contributed by atoms with Crippen molar-refractivity contribution in [2.45, 2.75) is 33.2 Å². The van der Waals surface area contributed by atoms with Crippen molar-refractivity contribution in [3.05, 3.63) is 29.8 Å². The van der Waals surface area contributed by atoms with Crippen LogP contribution in [0.3, 0.4) is 0 Å². The molecule has 4 nitrogen and oxygen atoms in total. The lowest BCUT2D eigenvalue weighted by Gasteiger charge is -2.18. The lowest BCUT2D eigenvalue weighted by atomic mass is 10.0. The molecular weight excluding hydrogens is 276 g/mol. The summed E-state index contributed by atoms with van der Waals surface area (Å²) in [6.07, 6.45) is 0.882. The fourth-order valence-electron chi connectivity index (χ4n) is 1.84. The predicted octanol–water partition coefficient (Wildman–Crippen LogP) is 2.29. The molecule has 0 aromatic heterocycles. The van der Waals surface area contributed by atoms with E-state index < -0.39 is 0 Å². The van der Waals surface area contributed by atoms with Crippen LogP contribution >= 0.6 is 12.4 Å². The third kappa shape index (κ3) is 7.36. The van der Waals surface area contributed by atoms with Gasteiger partial charge in [-0.2, -0.15) is 0 Å². The number of carbonyl (C=O) groups excluding carboxylic acids is 1. The number of nitrogens with two attached hydrogens (primary N) is 1. The van der Waals surface area contributed by atoms with Gasteiger partial charge < -0.3 is 15.8 Å². The number of hydrogen-bond acceptors (Lipinski definition) is 3. The van der Waals surface area contributed by atoms with Crippen LogP contribution in [0.25, 0.3) is 0 Å². The molecule has 1 amide bonds. The number of amides is 1. The van der Waals surface area contributed by atoms with E-state index in [1.54, 1.807) is 0 Å². The smallest absolute Gasteiger partial charge is 0.258 e. The summed E-state index contributed by atoms with van der Waals surface area (Å²) in [7, 11) is 0. The van der Waals surface area contributed by atoms with E-state index in [0.717, 1.165) is 12.0 Å². The van der Waals surface area contributed by atoms with Gasteiger partial charge in [-0.15, -0.1) is 12.4 Å². The van der Waals surface area contributed by atoms with Crippen LogP contribution in [0, 0.1) is 12.8 Å². The molecule has 0 heterocycles. The molecule has 0 bridgehead atoms. The van der Waals surface area contributed by atoms with Crippen LogP contribution in [0.1, 0.15) is 25.8 Å². The zero-order valence-electron chi connectivity index (χ0n) is 12.4. The molecule has 0 radical (unpaired) electrons. The maximum Gasteiger partial charge on any atom is 0.258 e. The Labute approximate surface area is 127 Å². The molecule has 1 atom stereocenters. The molecule has 1 aromatic rings. The van der Waals surface area contributed by atoms with Gasteiger partial charge in [0.2, 0.25) is 0 Å². The summed E-state index contributed by atoms with van der Waals surface area (Å²) in [5.74, 6) is 1.08. The molecule has 1 aromatic carbocycles. The van der Waals surface area contributed by atoms with E-state index in [9.17, 15) is 4.79 Å². The average molecular weight is 301 g/mol. The highest BCUT2D eigenvalue weighted by Crippen LogP contribution is 2.11. The lowest BCUT2D eigenvalue weighted by molar-refractivity contribution is -0.123. The van der Waals surface area contributed by atoms with Gasteiger partial charge >= 0.3 is 0 Å². The number of ether oxygens (including phenoxy) is 1. The number of hydrogen-bond donors (Lipinski definition) is 2. The van der Waals surface area contributed by atoms with E-state index >= 15 is 0 Å². The summed E-state index contributed by atoms with van der Waals surface area (Å²) < 4.78 is 5.42. The van der Waals surface area contributed by atoms with Gasteiger partial charge in [0.25, 0.3) is 5.91 Å². The van der Waals surface area contributed by atoms with Crippen LogP contribution in [-0.4, -0.2) is 25.1 Å². The second-order valence-corrected chi connectivity index (χ2v) is 5.23. The van der Waals surface area contributed by atoms with Crippen LogP contribution in [0.15, 0.2) is 24.3 Å². The maximum absolute atomic E-state index is 11.7. The monoisotopic (exact) mass is 300 g/mol. The minimum atomic E-state index is -0.128. The Hall–Kier alpha value is -1.26. The summed E-state index contributed by atoms with van der Waals surface area (Å²) in [6.45, 7) is 6.70. The quantitative estimate of drug-likeness (QED) is 0.812. The van der Waals surface area contributed by atoms with Gasteiger partial charge in [0.05, 0.1) is 0 Å². The first kappa shape index (κ1) is 18.7. The molecule has 0 spiro atoms. The molecule has 5 heteroatoms. The molecule has 0 aliphatic heterocycles. The van der Waals surface area contributed by atoms with E-state index in [2.05, 4.69) is 19.2 Å². The summed E-state index contributed by atoms with van der Waals surface area (Å²) >= 11 is 0. The SMILES string of the molecule is Cc1ccc(OCC(=O)NC(CN)CC(C)C)cc1.Cl. The molecule has 114 valence electrons. The number of aryl methyl sites for hydroxylation is 1. The molecule has 1 rings (SSSR count). The molecule has 0 aliphatic rings. The fourth-order valence-corrected chi connectivity index (χ4v) is 1.84. The van der Waals surface area contributed by atoms with Crippen LogP contribution in [0.4, 0.5) is 0 Å². The van der Waals surface area contributed by atoms with Gasteiger partial charge in [0, 0.05) is 12.6 Å². The highest BCUT2D eigenvalue weighted by Gasteiger charge is 2.12. The molecule has 0 saturated heterocycles. The standard InChI is InChI=1S/C15H24N2O2.ClH/c1-11(2)8-13(9-16)17-15(18)10-19-14-6-4-12(3)5-7-14;/h4-7,11,13H,8-10,16H2,1-3H3,(H,17,18);1H. The van der Waals surface area contributed by atoms with Crippen molar-refractivity contribution in [2.75, 3.05) is 13.2 Å². The number of nitrogens with one attached hydrogen (secondary N) is 1. The number of benzene rings is 1. The Kier molecular flexibility index (Phi) is 9.01. The van der Waals surface area contributed by atoms with Crippen molar-refractivity contribution in [2.24, 2.45) is 11.7 Å². The first-order chi connectivity index (χ1) is 9.01. The Balaban J connectivity index is 0.00000361. The Morgan fingerprint density at radius 3 is 2.40 bits per heavy atom.